The molecule has 3 N–H and O–H groups in total. The van der Waals surface area contributed by atoms with E-state index in [9.17, 15) is 15.3 Å². The molecule has 2 aliphatic heterocycles. The van der Waals surface area contributed by atoms with E-state index in [4.69, 9.17) is 16.9 Å². The molecule has 6 heteroatoms. The Morgan fingerprint density at radius 3 is 2.77 bits per heavy atom. The number of hydrogen-bond donors (Lipinski definition) is 3. The molecule has 5 nitrogen and oxygen atoms in total. The number of benzene rings is 1. The van der Waals surface area contributed by atoms with Crippen LogP contribution >= 0.6 is 11.6 Å². The van der Waals surface area contributed by atoms with Gasteiger partial charge in [0.15, 0.2) is 0 Å². The summed E-state index contributed by atoms with van der Waals surface area (Å²) in [5.74, 6) is 0. The summed E-state index contributed by atoms with van der Waals surface area (Å²) in [5.41, 5.74) is -0.486. The Balaban J connectivity index is 2.04. The van der Waals surface area contributed by atoms with E-state index in [1.54, 1.807) is 12.1 Å². The number of nitrogens with zero attached hydrogens (tertiary/aromatic N) is 2. The fourth-order valence-corrected chi connectivity index (χ4v) is 4.16. The van der Waals surface area contributed by atoms with Gasteiger partial charge in [0.25, 0.3) is 0 Å². The first-order valence-corrected chi connectivity index (χ1v) is 7.75. The Bertz CT molecular complexity index is 660. The van der Waals surface area contributed by atoms with Gasteiger partial charge in [0.1, 0.15) is 11.8 Å². The molecule has 0 radical (unpaired) electrons. The average Bonchev–Trinajstić information content (AvgIpc) is 2.70. The van der Waals surface area contributed by atoms with Gasteiger partial charge in [0.2, 0.25) is 0 Å². The topological polar surface area (TPSA) is 87.7 Å². The molecular weight excluding hydrogens is 304 g/mol. The van der Waals surface area contributed by atoms with Crippen molar-refractivity contribution in [3.8, 4) is 6.07 Å². The third kappa shape index (κ3) is 2.19. The predicted octanol–water partition coefficient (Wildman–Crippen LogP) is 1.69. The van der Waals surface area contributed by atoms with Crippen LogP contribution in [0.4, 0.5) is 5.69 Å². The van der Waals surface area contributed by atoms with Crippen molar-refractivity contribution in [3.63, 3.8) is 0 Å². The Labute approximate surface area is 134 Å². The molecule has 118 valence electrons. The fraction of sp³-hybridized carbons (Fsp3) is 0.562. The molecule has 2 bridgehead atoms. The van der Waals surface area contributed by atoms with E-state index >= 15 is 0 Å². The highest BCUT2D eigenvalue weighted by atomic mass is 35.5. The summed E-state index contributed by atoms with van der Waals surface area (Å²) in [6, 6.07) is 5.44. The zero-order chi connectivity index (χ0) is 16.1. The van der Waals surface area contributed by atoms with Gasteiger partial charge in [0.05, 0.1) is 22.8 Å². The lowest BCUT2D eigenvalue weighted by molar-refractivity contribution is -0.106. The Morgan fingerprint density at radius 1 is 1.45 bits per heavy atom. The van der Waals surface area contributed by atoms with Crippen molar-refractivity contribution in [1.29, 1.82) is 5.26 Å². The maximum absolute atomic E-state index is 11.0. The summed E-state index contributed by atoms with van der Waals surface area (Å²) in [5, 5.41) is 40.2. The van der Waals surface area contributed by atoms with Gasteiger partial charge in [-0.15, -0.1) is 0 Å². The molecule has 0 amide bonds. The van der Waals surface area contributed by atoms with Crippen LogP contribution in [0.15, 0.2) is 12.1 Å². The normalized spacial score (nSPS) is 33.8. The molecule has 22 heavy (non-hydrogen) atoms. The molecule has 0 saturated carbocycles. The SMILES string of the molecule is Cc1c(N2[C@H]3CC[C@]2(O)C[C@@](O)(CO)C3)ccc(C#N)c1Cl. The molecule has 2 aliphatic rings. The van der Waals surface area contributed by atoms with Crippen molar-refractivity contribution >= 4 is 17.3 Å². The molecule has 2 fully saturated rings. The second-order valence-electron chi connectivity index (χ2n) is 6.49. The lowest BCUT2D eigenvalue weighted by Gasteiger charge is -2.49. The van der Waals surface area contributed by atoms with Crippen LogP contribution in [-0.2, 0) is 0 Å². The first-order chi connectivity index (χ1) is 10.3. The van der Waals surface area contributed by atoms with E-state index in [1.165, 1.54) is 0 Å². The zero-order valence-corrected chi connectivity index (χ0v) is 13.1. The van der Waals surface area contributed by atoms with E-state index in [1.807, 2.05) is 17.9 Å². The minimum Gasteiger partial charge on any atom is -0.393 e. The molecule has 1 aromatic rings. The van der Waals surface area contributed by atoms with Crippen molar-refractivity contribution < 1.29 is 15.3 Å². The molecule has 0 aliphatic carbocycles. The first-order valence-electron chi connectivity index (χ1n) is 7.38. The highest BCUT2D eigenvalue weighted by molar-refractivity contribution is 6.32. The van der Waals surface area contributed by atoms with Gasteiger partial charge in [-0.1, -0.05) is 11.6 Å². The van der Waals surface area contributed by atoms with Gasteiger partial charge >= 0.3 is 0 Å². The molecule has 0 aromatic heterocycles. The smallest absolute Gasteiger partial charge is 0.141 e. The van der Waals surface area contributed by atoms with Gasteiger partial charge in [0, 0.05) is 18.2 Å². The number of fused-ring (bicyclic) bond motifs is 2. The molecule has 1 aromatic carbocycles. The second-order valence-corrected chi connectivity index (χ2v) is 6.87. The lowest BCUT2D eigenvalue weighted by Crippen LogP contribution is -2.60. The van der Waals surface area contributed by atoms with Crippen molar-refractivity contribution in [3.05, 3.63) is 28.3 Å². The number of anilines is 1. The summed E-state index contributed by atoms with van der Waals surface area (Å²) < 4.78 is 0. The summed E-state index contributed by atoms with van der Waals surface area (Å²) in [6.45, 7) is 1.47. The highest BCUT2D eigenvalue weighted by Crippen LogP contribution is 2.50. The van der Waals surface area contributed by atoms with E-state index < -0.39 is 11.3 Å². The highest BCUT2D eigenvalue weighted by Gasteiger charge is 2.56. The average molecular weight is 323 g/mol. The number of hydrogen-bond acceptors (Lipinski definition) is 5. The van der Waals surface area contributed by atoms with Gasteiger partial charge in [-0.05, 0) is 43.9 Å². The molecule has 2 heterocycles. The third-order valence-corrected chi connectivity index (χ3v) is 5.44. The Morgan fingerprint density at radius 2 is 2.18 bits per heavy atom. The van der Waals surface area contributed by atoms with Crippen LogP contribution in [0, 0.1) is 18.3 Å². The molecule has 3 rings (SSSR count). The van der Waals surface area contributed by atoms with E-state index in [0.29, 0.717) is 23.4 Å². The van der Waals surface area contributed by atoms with Crippen LogP contribution in [0.25, 0.3) is 0 Å². The van der Waals surface area contributed by atoms with Gasteiger partial charge in [-0.2, -0.15) is 5.26 Å². The van der Waals surface area contributed by atoms with E-state index in [2.05, 4.69) is 0 Å². The maximum atomic E-state index is 11.0. The van der Waals surface area contributed by atoms with Gasteiger partial charge in [-0.3, -0.25) is 0 Å². The minimum atomic E-state index is -1.24. The lowest BCUT2D eigenvalue weighted by atomic mass is 9.84. The number of rotatable bonds is 2. The Kier molecular flexibility index (Phi) is 3.61. The first kappa shape index (κ1) is 15.6. The minimum absolute atomic E-state index is 0.0568. The van der Waals surface area contributed by atoms with Crippen molar-refractivity contribution in [2.45, 2.75) is 50.0 Å². The maximum Gasteiger partial charge on any atom is 0.141 e. The van der Waals surface area contributed by atoms with Crippen LogP contribution in [0.3, 0.4) is 0 Å². The number of aliphatic hydroxyl groups excluding tert-OH is 1. The monoisotopic (exact) mass is 322 g/mol. The molecular formula is C16H19ClN2O3. The molecule has 0 unspecified atom stereocenters. The summed E-state index contributed by atoms with van der Waals surface area (Å²) in [6.07, 6.45) is 1.79. The second kappa shape index (κ2) is 5.10. The predicted molar refractivity (Wildman–Crippen MR) is 82.6 cm³/mol. The van der Waals surface area contributed by atoms with Crippen LogP contribution in [0.5, 0.6) is 0 Å². The molecule has 3 atom stereocenters. The van der Waals surface area contributed by atoms with E-state index in [-0.39, 0.29) is 19.1 Å². The third-order valence-electron chi connectivity index (χ3n) is 4.95. The molecule has 0 spiro atoms. The van der Waals surface area contributed by atoms with E-state index in [0.717, 1.165) is 17.7 Å². The van der Waals surface area contributed by atoms with Crippen molar-refractivity contribution in [2.24, 2.45) is 0 Å². The quantitative estimate of drug-likeness (QED) is 0.771. The van der Waals surface area contributed by atoms with Crippen molar-refractivity contribution in [2.75, 3.05) is 11.5 Å². The van der Waals surface area contributed by atoms with Gasteiger partial charge < -0.3 is 20.2 Å². The number of aliphatic hydroxyl groups is 3. The molecule has 2 saturated heterocycles. The van der Waals surface area contributed by atoms with Crippen LogP contribution < -0.4 is 4.90 Å². The fourth-order valence-electron chi connectivity index (χ4n) is 3.96. The standard InChI is InChI=1S/C16H19ClN2O3/c1-10-13(3-2-11(7-18)14(10)17)19-12-4-5-16(19,22)8-15(21,6-12)9-20/h2-3,12,20-22H,4-6,8-9H2,1H3/t12-,15+,16-/m0/s1. The summed E-state index contributed by atoms with van der Waals surface area (Å²) in [4.78, 5) is 1.90. The van der Waals surface area contributed by atoms with Crippen molar-refractivity contribution in [1.82, 2.24) is 0 Å². The van der Waals surface area contributed by atoms with Gasteiger partial charge in [-0.25, -0.2) is 0 Å². The number of piperidine rings is 1. The number of nitriles is 1. The van der Waals surface area contributed by atoms with Crippen LogP contribution in [0.1, 0.15) is 36.8 Å². The largest absolute Gasteiger partial charge is 0.393 e. The summed E-state index contributed by atoms with van der Waals surface area (Å²) >= 11 is 6.24. The van der Waals surface area contributed by atoms with Crippen LogP contribution in [0.2, 0.25) is 5.02 Å². The van der Waals surface area contributed by atoms with Crippen LogP contribution in [-0.4, -0.2) is 39.3 Å². The zero-order valence-electron chi connectivity index (χ0n) is 12.4. The Hall–Kier alpha value is -1.32. The summed E-state index contributed by atoms with van der Waals surface area (Å²) in [7, 11) is 0. The number of halogens is 1.